The summed E-state index contributed by atoms with van der Waals surface area (Å²) < 4.78 is 0. The third-order valence-corrected chi connectivity index (χ3v) is 6.81. The first-order valence-corrected chi connectivity index (χ1v) is 9.76. The third-order valence-electron chi connectivity index (χ3n) is 6.81. The Labute approximate surface area is 151 Å². The average molecular weight is 341 g/mol. The number of hydrogen-bond donors (Lipinski definition) is 2. The molecule has 0 aromatic heterocycles. The van der Waals surface area contributed by atoms with Crippen LogP contribution in [0.25, 0.3) is 0 Å². The lowest BCUT2D eigenvalue weighted by atomic mass is 9.58. The Morgan fingerprint density at radius 2 is 2.08 bits per heavy atom. The minimum absolute atomic E-state index is 0.138. The molecule has 4 aliphatic rings. The number of benzene rings is 1. The lowest BCUT2D eigenvalue weighted by Gasteiger charge is -2.55. The number of rotatable bonds is 5. The number of piperidine rings is 2. The van der Waals surface area contributed by atoms with Gasteiger partial charge < -0.3 is 11.1 Å². The highest BCUT2D eigenvalue weighted by Gasteiger charge is 2.67. The van der Waals surface area contributed by atoms with Crippen molar-refractivity contribution in [1.82, 2.24) is 10.2 Å². The van der Waals surface area contributed by atoms with Crippen LogP contribution in [0.15, 0.2) is 24.3 Å². The SMILES string of the molecule is Cc1ccc(CC2C3CNC4(C(N)=O)C(C3)CN(CC(C)C)C24)cc1. The zero-order valence-corrected chi connectivity index (χ0v) is 15.7. The standard InChI is InChI=1S/C21H31N3O/c1-13(2)11-24-12-17-9-16-10-23-21(17,20(22)25)19(24)18(16)8-15-6-4-14(3)5-7-15/h4-7,13,16-19,23H,8-12H2,1-3H3,(H2,22,25). The van der Waals surface area contributed by atoms with E-state index in [1.807, 2.05) is 0 Å². The number of amides is 1. The monoisotopic (exact) mass is 341 g/mol. The van der Waals surface area contributed by atoms with Crippen LogP contribution in [0.2, 0.25) is 0 Å². The van der Waals surface area contributed by atoms with Gasteiger partial charge in [-0.05, 0) is 49.6 Å². The van der Waals surface area contributed by atoms with Gasteiger partial charge in [-0.25, -0.2) is 0 Å². The maximum atomic E-state index is 12.6. The van der Waals surface area contributed by atoms with Gasteiger partial charge in [-0.3, -0.25) is 9.69 Å². The maximum absolute atomic E-state index is 12.6. The molecule has 1 aromatic carbocycles. The van der Waals surface area contributed by atoms with E-state index in [-0.39, 0.29) is 11.9 Å². The van der Waals surface area contributed by atoms with Crippen molar-refractivity contribution in [3.8, 4) is 0 Å². The van der Waals surface area contributed by atoms with E-state index < -0.39 is 5.54 Å². The summed E-state index contributed by atoms with van der Waals surface area (Å²) >= 11 is 0. The largest absolute Gasteiger partial charge is 0.368 e. The van der Waals surface area contributed by atoms with Crippen LogP contribution in [0, 0.1) is 30.6 Å². The van der Waals surface area contributed by atoms with Gasteiger partial charge in [-0.2, -0.15) is 0 Å². The molecule has 0 radical (unpaired) electrons. The van der Waals surface area contributed by atoms with Crippen molar-refractivity contribution in [2.75, 3.05) is 19.6 Å². The molecule has 4 bridgehead atoms. The summed E-state index contributed by atoms with van der Waals surface area (Å²) in [5, 5.41) is 3.61. The first-order valence-electron chi connectivity index (χ1n) is 9.76. The number of likely N-dealkylation sites (tertiary alicyclic amines) is 1. The second kappa shape index (κ2) is 6.10. The van der Waals surface area contributed by atoms with Crippen LogP contribution in [0.5, 0.6) is 0 Å². The number of aryl methyl sites for hydroxylation is 1. The van der Waals surface area contributed by atoms with E-state index in [2.05, 4.69) is 55.3 Å². The van der Waals surface area contributed by atoms with Crippen molar-refractivity contribution >= 4 is 5.91 Å². The first-order chi connectivity index (χ1) is 11.9. The normalized spacial score (nSPS) is 37.0. The predicted octanol–water partition coefficient (Wildman–Crippen LogP) is 1.96. The van der Waals surface area contributed by atoms with Crippen molar-refractivity contribution in [3.05, 3.63) is 35.4 Å². The predicted molar refractivity (Wildman–Crippen MR) is 100 cm³/mol. The van der Waals surface area contributed by atoms with Crippen LogP contribution in [-0.2, 0) is 11.2 Å². The molecule has 1 saturated carbocycles. The second-order valence-electron chi connectivity index (χ2n) is 8.95. The Kier molecular flexibility index (Phi) is 4.16. The summed E-state index contributed by atoms with van der Waals surface area (Å²) in [6.45, 7) is 9.65. The van der Waals surface area contributed by atoms with E-state index in [9.17, 15) is 4.79 Å². The molecule has 1 amide bonds. The summed E-state index contributed by atoms with van der Waals surface area (Å²) in [6, 6.07) is 9.14. The molecule has 5 atom stereocenters. The van der Waals surface area contributed by atoms with Gasteiger partial charge in [0.05, 0.1) is 0 Å². The average Bonchev–Trinajstić information content (AvgIpc) is 2.81. The summed E-state index contributed by atoms with van der Waals surface area (Å²) in [5.74, 6) is 1.99. The van der Waals surface area contributed by atoms with E-state index in [0.29, 0.717) is 23.7 Å². The van der Waals surface area contributed by atoms with Crippen molar-refractivity contribution in [2.45, 2.75) is 45.2 Å². The van der Waals surface area contributed by atoms with Gasteiger partial charge in [0, 0.05) is 25.0 Å². The number of carbonyl (C=O) groups excluding carboxylic acids is 1. The van der Waals surface area contributed by atoms with E-state index >= 15 is 0 Å². The number of hydrogen-bond acceptors (Lipinski definition) is 3. The van der Waals surface area contributed by atoms with Gasteiger partial charge in [0.2, 0.25) is 5.91 Å². The zero-order valence-electron chi connectivity index (χ0n) is 15.7. The summed E-state index contributed by atoms with van der Waals surface area (Å²) in [4.78, 5) is 15.2. The fraction of sp³-hybridized carbons (Fsp3) is 0.667. The van der Waals surface area contributed by atoms with Crippen LogP contribution in [0.3, 0.4) is 0 Å². The zero-order chi connectivity index (χ0) is 17.8. The van der Waals surface area contributed by atoms with Crippen molar-refractivity contribution in [3.63, 3.8) is 0 Å². The highest BCUT2D eigenvalue weighted by Crippen LogP contribution is 2.53. The Hall–Kier alpha value is -1.39. The molecule has 4 fully saturated rings. The van der Waals surface area contributed by atoms with Gasteiger partial charge in [-0.15, -0.1) is 0 Å². The molecule has 25 heavy (non-hydrogen) atoms. The number of nitrogens with two attached hydrogens (primary N) is 1. The number of nitrogens with one attached hydrogen (secondary N) is 1. The fourth-order valence-corrected chi connectivity index (χ4v) is 5.89. The van der Waals surface area contributed by atoms with E-state index in [1.54, 1.807) is 0 Å². The van der Waals surface area contributed by atoms with Gasteiger partial charge in [0.15, 0.2) is 0 Å². The third kappa shape index (κ3) is 2.61. The van der Waals surface area contributed by atoms with Gasteiger partial charge >= 0.3 is 0 Å². The summed E-state index contributed by atoms with van der Waals surface area (Å²) in [6.07, 6.45) is 2.19. The molecule has 4 nitrogen and oxygen atoms in total. The van der Waals surface area contributed by atoms with Crippen LogP contribution in [-0.4, -0.2) is 42.0 Å². The van der Waals surface area contributed by atoms with Crippen LogP contribution < -0.4 is 11.1 Å². The van der Waals surface area contributed by atoms with Gasteiger partial charge in [0.1, 0.15) is 5.54 Å². The number of carbonyl (C=O) groups is 1. The Bertz CT molecular complexity index is 656. The topological polar surface area (TPSA) is 58.4 Å². The summed E-state index contributed by atoms with van der Waals surface area (Å²) in [7, 11) is 0. The molecule has 3 aliphatic heterocycles. The number of nitrogens with zero attached hydrogens (tertiary/aromatic N) is 1. The van der Waals surface area contributed by atoms with E-state index in [0.717, 1.165) is 32.5 Å². The molecule has 3 heterocycles. The molecule has 0 spiro atoms. The Morgan fingerprint density at radius 3 is 2.72 bits per heavy atom. The molecule has 4 heteroatoms. The lowest BCUT2D eigenvalue weighted by Crippen LogP contribution is -2.75. The molecule has 5 unspecified atom stereocenters. The molecular weight excluding hydrogens is 310 g/mol. The minimum Gasteiger partial charge on any atom is -0.368 e. The van der Waals surface area contributed by atoms with Crippen LogP contribution >= 0.6 is 0 Å². The van der Waals surface area contributed by atoms with Crippen LogP contribution in [0.4, 0.5) is 0 Å². The second-order valence-corrected chi connectivity index (χ2v) is 8.95. The number of fused-ring (bicyclic) bond motifs is 1. The Morgan fingerprint density at radius 1 is 1.36 bits per heavy atom. The maximum Gasteiger partial charge on any atom is 0.239 e. The smallest absolute Gasteiger partial charge is 0.239 e. The highest BCUT2D eigenvalue weighted by atomic mass is 16.1. The van der Waals surface area contributed by atoms with Crippen LogP contribution in [0.1, 0.15) is 31.4 Å². The molecular formula is C21H31N3O. The molecule has 3 N–H and O–H groups in total. The van der Waals surface area contributed by atoms with E-state index in [1.165, 1.54) is 11.1 Å². The fourth-order valence-electron chi connectivity index (χ4n) is 5.89. The quantitative estimate of drug-likeness (QED) is 0.861. The van der Waals surface area contributed by atoms with Crippen molar-refractivity contribution in [2.24, 2.45) is 29.4 Å². The first kappa shape index (κ1) is 17.0. The van der Waals surface area contributed by atoms with Crippen molar-refractivity contribution in [1.29, 1.82) is 0 Å². The lowest BCUT2D eigenvalue weighted by molar-refractivity contribution is -0.134. The minimum atomic E-state index is -0.515. The molecule has 5 rings (SSSR count). The van der Waals surface area contributed by atoms with E-state index in [4.69, 9.17) is 5.73 Å². The number of primary amides is 1. The van der Waals surface area contributed by atoms with Crippen molar-refractivity contribution < 1.29 is 4.79 Å². The Balaban J connectivity index is 1.68. The van der Waals surface area contributed by atoms with Gasteiger partial charge in [-0.1, -0.05) is 43.7 Å². The highest BCUT2D eigenvalue weighted by molar-refractivity contribution is 5.87. The summed E-state index contributed by atoms with van der Waals surface area (Å²) in [5.41, 5.74) is 8.17. The molecule has 1 aromatic rings. The molecule has 1 aliphatic carbocycles. The molecule has 136 valence electrons. The molecule has 3 saturated heterocycles. The van der Waals surface area contributed by atoms with Gasteiger partial charge in [0.25, 0.3) is 0 Å².